The summed E-state index contributed by atoms with van der Waals surface area (Å²) in [6, 6.07) is 8.43. The molecule has 1 saturated heterocycles. The van der Waals surface area contributed by atoms with E-state index in [1.165, 1.54) is 10.3 Å². The predicted octanol–water partition coefficient (Wildman–Crippen LogP) is 3.65. The molecular formula is C20H25N5OS. The van der Waals surface area contributed by atoms with Gasteiger partial charge in [0.1, 0.15) is 5.69 Å². The van der Waals surface area contributed by atoms with Crippen molar-refractivity contribution in [2.45, 2.75) is 33.7 Å². The molecule has 7 heteroatoms. The van der Waals surface area contributed by atoms with Gasteiger partial charge >= 0.3 is 0 Å². The Kier molecular flexibility index (Phi) is 4.63. The molecule has 3 heterocycles. The molecule has 142 valence electrons. The van der Waals surface area contributed by atoms with Crippen LogP contribution in [0.25, 0.3) is 10.2 Å². The Morgan fingerprint density at radius 3 is 2.56 bits per heavy atom. The van der Waals surface area contributed by atoms with Crippen LogP contribution >= 0.6 is 11.3 Å². The number of hydrogen-bond donors (Lipinski definition) is 0. The zero-order chi connectivity index (χ0) is 19.1. The number of amides is 1. The van der Waals surface area contributed by atoms with E-state index in [1.807, 2.05) is 22.6 Å². The van der Waals surface area contributed by atoms with Gasteiger partial charge in [0.15, 0.2) is 5.13 Å². The molecule has 1 aromatic carbocycles. The summed E-state index contributed by atoms with van der Waals surface area (Å²) in [6.45, 7) is 11.2. The second kappa shape index (κ2) is 6.96. The maximum Gasteiger partial charge on any atom is 0.272 e. The monoisotopic (exact) mass is 383 g/mol. The number of piperazine rings is 1. The quantitative estimate of drug-likeness (QED) is 0.693. The van der Waals surface area contributed by atoms with Crippen LogP contribution < -0.4 is 4.90 Å². The molecule has 1 fully saturated rings. The van der Waals surface area contributed by atoms with Crippen LogP contribution in [0.1, 0.15) is 41.6 Å². The van der Waals surface area contributed by atoms with E-state index in [9.17, 15) is 4.79 Å². The standard InChI is InChI=1S/C20H25N5OS/c1-13(2)25-17(12-15(4)22-25)19(26)23-7-9-24(10-8-23)20-21-16-6-5-14(3)11-18(16)27-20/h5-6,11-13H,7-10H2,1-4H3. The van der Waals surface area contributed by atoms with Gasteiger partial charge in [0.05, 0.1) is 15.9 Å². The third-order valence-corrected chi connectivity index (χ3v) is 6.02. The summed E-state index contributed by atoms with van der Waals surface area (Å²) in [7, 11) is 0. The van der Waals surface area contributed by atoms with Crippen LogP contribution in [-0.4, -0.2) is 51.8 Å². The predicted molar refractivity (Wildman–Crippen MR) is 110 cm³/mol. The van der Waals surface area contributed by atoms with E-state index >= 15 is 0 Å². The summed E-state index contributed by atoms with van der Waals surface area (Å²) in [6.07, 6.45) is 0. The first-order valence-electron chi connectivity index (χ1n) is 9.40. The van der Waals surface area contributed by atoms with Crippen molar-refractivity contribution in [3.63, 3.8) is 0 Å². The fourth-order valence-corrected chi connectivity index (χ4v) is 4.60. The van der Waals surface area contributed by atoms with E-state index in [4.69, 9.17) is 4.98 Å². The van der Waals surface area contributed by atoms with Crippen molar-refractivity contribution in [3.8, 4) is 0 Å². The highest BCUT2D eigenvalue weighted by Gasteiger charge is 2.26. The molecule has 0 bridgehead atoms. The Labute approximate surface area is 163 Å². The molecule has 27 heavy (non-hydrogen) atoms. The SMILES string of the molecule is Cc1ccc2nc(N3CCN(C(=O)c4cc(C)nn4C(C)C)CC3)sc2c1. The maximum atomic E-state index is 13.0. The molecule has 4 rings (SSSR count). The minimum Gasteiger partial charge on any atom is -0.345 e. The van der Waals surface area contributed by atoms with Crippen molar-refractivity contribution in [2.75, 3.05) is 31.1 Å². The van der Waals surface area contributed by atoms with Gasteiger partial charge in [0, 0.05) is 32.2 Å². The molecule has 0 aliphatic carbocycles. The zero-order valence-electron chi connectivity index (χ0n) is 16.3. The molecule has 6 nitrogen and oxygen atoms in total. The van der Waals surface area contributed by atoms with Crippen molar-refractivity contribution in [1.82, 2.24) is 19.7 Å². The number of hydrogen-bond acceptors (Lipinski definition) is 5. The van der Waals surface area contributed by atoms with Crippen molar-refractivity contribution in [2.24, 2.45) is 0 Å². The normalized spacial score (nSPS) is 15.1. The van der Waals surface area contributed by atoms with Gasteiger partial charge in [-0.25, -0.2) is 4.98 Å². The first-order chi connectivity index (χ1) is 12.9. The minimum absolute atomic E-state index is 0.0730. The van der Waals surface area contributed by atoms with Gasteiger partial charge < -0.3 is 9.80 Å². The summed E-state index contributed by atoms with van der Waals surface area (Å²) >= 11 is 1.73. The number of carbonyl (C=O) groups is 1. The molecule has 0 unspecified atom stereocenters. The summed E-state index contributed by atoms with van der Waals surface area (Å²) in [4.78, 5) is 22.0. The molecule has 1 amide bonds. The van der Waals surface area contributed by atoms with Gasteiger partial charge in [0.2, 0.25) is 0 Å². The average molecular weight is 384 g/mol. The fourth-order valence-electron chi connectivity index (χ4n) is 3.49. The molecule has 0 N–H and O–H groups in total. The summed E-state index contributed by atoms with van der Waals surface area (Å²) < 4.78 is 3.06. The number of benzene rings is 1. The highest BCUT2D eigenvalue weighted by Crippen LogP contribution is 2.30. The number of aromatic nitrogens is 3. The van der Waals surface area contributed by atoms with E-state index in [2.05, 4.69) is 49.0 Å². The smallest absolute Gasteiger partial charge is 0.272 e. The van der Waals surface area contributed by atoms with Gasteiger partial charge in [0.25, 0.3) is 5.91 Å². The Balaban J connectivity index is 1.47. The fraction of sp³-hybridized carbons (Fsp3) is 0.450. The molecule has 0 atom stereocenters. The summed E-state index contributed by atoms with van der Waals surface area (Å²) in [5, 5.41) is 5.52. The maximum absolute atomic E-state index is 13.0. The van der Waals surface area contributed by atoms with Gasteiger partial charge in [-0.15, -0.1) is 0 Å². The summed E-state index contributed by atoms with van der Waals surface area (Å²) in [5.74, 6) is 0.0730. The van der Waals surface area contributed by atoms with Crippen LogP contribution in [0.2, 0.25) is 0 Å². The zero-order valence-corrected chi connectivity index (χ0v) is 17.1. The second-order valence-corrected chi connectivity index (χ2v) is 8.47. The van der Waals surface area contributed by atoms with E-state index in [0.717, 1.165) is 29.4 Å². The van der Waals surface area contributed by atoms with Gasteiger partial charge in [-0.2, -0.15) is 5.10 Å². The molecule has 2 aromatic heterocycles. The Hall–Kier alpha value is -2.41. The lowest BCUT2D eigenvalue weighted by Gasteiger charge is -2.34. The largest absolute Gasteiger partial charge is 0.345 e. The lowest BCUT2D eigenvalue weighted by molar-refractivity contribution is 0.0732. The number of rotatable bonds is 3. The van der Waals surface area contributed by atoms with E-state index in [-0.39, 0.29) is 11.9 Å². The van der Waals surface area contributed by atoms with Gasteiger partial charge in [-0.3, -0.25) is 9.48 Å². The van der Waals surface area contributed by atoms with Gasteiger partial charge in [-0.1, -0.05) is 17.4 Å². The number of nitrogens with zero attached hydrogens (tertiary/aromatic N) is 5. The highest BCUT2D eigenvalue weighted by molar-refractivity contribution is 7.22. The van der Waals surface area contributed by atoms with Crippen molar-refractivity contribution < 1.29 is 4.79 Å². The third kappa shape index (κ3) is 3.43. The molecule has 3 aromatic rings. The summed E-state index contributed by atoms with van der Waals surface area (Å²) in [5.41, 5.74) is 3.88. The molecule has 1 aliphatic rings. The third-order valence-electron chi connectivity index (χ3n) is 4.94. The first kappa shape index (κ1) is 18.0. The van der Waals surface area contributed by atoms with Crippen LogP contribution in [0, 0.1) is 13.8 Å². The number of anilines is 1. The Morgan fingerprint density at radius 1 is 1.11 bits per heavy atom. The second-order valence-electron chi connectivity index (χ2n) is 7.46. The minimum atomic E-state index is 0.0730. The van der Waals surface area contributed by atoms with Gasteiger partial charge in [-0.05, 0) is 51.5 Å². The highest BCUT2D eigenvalue weighted by atomic mass is 32.1. The Morgan fingerprint density at radius 2 is 1.85 bits per heavy atom. The molecule has 0 saturated carbocycles. The van der Waals surface area contributed by atoms with E-state index in [1.54, 1.807) is 11.3 Å². The number of thiazole rings is 1. The van der Waals surface area contributed by atoms with Crippen LogP contribution in [0.3, 0.4) is 0 Å². The van der Waals surface area contributed by atoms with Crippen LogP contribution in [0.4, 0.5) is 5.13 Å². The molecule has 1 aliphatic heterocycles. The first-order valence-corrected chi connectivity index (χ1v) is 10.2. The lowest BCUT2D eigenvalue weighted by Crippen LogP contribution is -2.49. The molecule has 0 spiro atoms. The van der Waals surface area contributed by atoms with Crippen molar-refractivity contribution in [1.29, 1.82) is 0 Å². The van der Waals surface area contributed by atoms with E-state index < -0.39 is 0 Å². The van der Waals surface area contributed by atoms with E-state index in [0.29, 0.717) is 18.8 Å². The van der Waals surface area contributed by atoms with Crippen LogP contribution in [0.15, 0.2) is 24.3 Å². The van der Waals surface area contributed by atoms with Crippen LogP contribution in [0.5, 0.6) is 0 Å². The average Bonchev–Trinajstić information content (AvgIpc) is 3.24. The lowest BCUT2D eigenvalue weighted by atomic mass is 10.2. The number of fused-ring (bicyclic) bond motifs is 1. The van der Waals surface area contributed by atoms with Crippen molar-refractivity contribution >= 4 is 32.6 Å². The topological polar surface area (TPSA) is 54.3 Å². The van der Waals surface area contributed by atoms with Crippen LogP contribution in [-0.2, 0) is 0 Å². The number of aryl methyl sites for hydroxylation is 2. The molecule has 0 radical (unpaired) electrons. The number of carbonyl (C=O) groups excluding carboxylic acids is 1. The van der Waals surface area contributed by atoms with Crippen molar-refractivity contribution in [3.05, 3.63) is 41.2 Å². The Bertz CT molecular complexity index is 982. The molecular weight excluding hydrogens is 358 g/mol.